The first-order valence-electron chi connectivity index (χ1n) is 4.16. The lowest BCUT2D eigenvalue weighted by Gasteiger charge is -2.14. The highest BCUT2D eigenvalue weighted by Gasteiger charge is 2.24. The maximum absolute atomic E-state index is 11.3. The molecule has 0 amide bonds. The van der Waals surface area contributed by atoms with Crippen LogP contribution in [0.3, 0.4) is 0 Å². The van der Waals surface area contributed by atoms with Crippen molar-refractivity contribution in [2.24, 2.45) is 0 Å². The number of carboxylic acids is 1. The molecule has 0 spiro atoms. The quantitative estimate of drug-likeness (QED) is 0.634. The summed E-state index contributed by atoms with van der Waals surface area (Å²) in [4.78, 5) is 10.6. The van der Waals surface area contributed by atoms with Gasteiger partial charge in [-0.05, 0) is 20.3 Å². The van der Waals surface area contributed by atoms with Crippen molar-refractivity contribution in [3.63, 3.8) is 0 Å². The molecule has 1 unspecified atom stereocenters. The topological polar surface area (TPSA) is 83.5 Å². The van der Waals surface area contributed by atoms with Crippen LogP contribution in [-0.4, -0.2) is 30.8 Å². The molecule has 6 heteroatoms. The highest BCUT2D eigenvalue weighted by atomic mass is 32.2. The molecule has 0 saturated heterocycles. The second-order valence-electron chi connectivity index (χ2n) is 3.13. The normalized spacial score (nSPS) is 13.9. The Morgan fingerprint density at radius 1 is 1.57 bits per heavy atom. The molecule has 0 aliphatic rings. The Bertz CT molecular complexity index is 307. The van der Waals surface area contributed by atoms with E-state index < -0.39 is 27.3 Å². The molecule has 0 fully saturated rings. The third-order valence-electron chi connectivity index (χ3n) is 1.63. The Morgan fingerprint density at radius 3 is 2.36 bits per heavy atom. The fourth-order valence-corrected chi connectivity index (χ4v) is 1.57. The van der Waals surface area contributed by atoms with Gasteiger partial charge >= 0.3 is 5.97 Å². The van der Waals surface area contributed by atoms with Gasteiger partial charge in [0.05, 0.1) is 5.25 Å². The number of rotatable bonds is 6. The number of nitrogens with one attached hydrogen (secondary N) is 1. The number of carboxylic acid groups (broad SMARTS) is 1. The van der Waals surface area contributed by atoms with Crippen LogP contribution in [0, 0.1) is 0 Å². The Hall–Kier alpha value is -0.880. The standard InChI is InChI=1S/C8H15NO4S/c1-4-5-7(8(10)11)9-14(12,13)6(2)3/h4,6-7,9H,1,5H2,2-3H3,(H,10,11). The van der Waals surface area contributed by atoms with Crippen molar-refractivity contribution < 1.29 is 18.3 Å². The molecule has 0 radical (unpaired) electrons. The predicted octanol–water partition coefficient (Wildman–Crippen LogP) is 0.343. The van der Waals surface area contributed by atoms with Crippen molar-refractivity contribution in [2.75, 3.05) is 0 Å². The van der Waals surface area contributed by atoms with Gasteiger partial charge in [-0.15, -0.1) is 6.58 Å². The van der Waals surface area contributed by atoms with Gasteiger partial charge in [-0.1, -0.05) is 6.08 Å². The van der Waals surface area contributed by atoms with Crippen LogP contribution in [0.1, 0.15) is 20.3 Å². The van der Waals surface area contributed by atoms with Crippen molar-refractivity contribution in [1.29, 1.82) is 0 Å². The van der Waals surface area contributed by atoms with Gasteiger partial charge < -0.3 is 5.11 Å². The van der Waals surface area contributed by atoms with Crippen molar-refractivity contribution in [3.05, 3.63) is 12.7 Å². The largest absolute Gasteiger partial charge is 0.480 e. The minimum Gasteiger partial charge on any atom is -0.480 e. The molecule has 0 bridgehead atoms. The fourth-order valence-electron chi connectivity index (χ4n) is 0.700. The van der Waals surface area contributed by atoms with E-state index in [1.807, 2.05) is 0 Å². The maximum atomic E-state index is 11.3. The fraction of sp³-hybridized carbons (Fsp3) is 0.625. The van der Waals surface area contributed by atoms with Gasteiger partial charge in [-0.3, -0.25) is 4.79 Å². The van der Waals surface area contributed by atoms with Crippen molar-refractivity contribution in [2.45, 2.75) is 31.6 Å². The minimum atomic E-state index is -3.54. The summed E-state index contributed by atoms with van der Waals surface area (Å²) < 4.78 is 24.7. The summed E-state index contributed by atoms with van der Waals surface area (Å²) in [5.41, 5.74) is 0. The summed E-state index contributed by atoms with van der Waals surface area (Å²) in [7, 11) is -3.54. The molecular formula is C8H15NO4S. The number of carbonyl (C=O) groups is 1. The molecule has 0 heterocycles. The van der Waals surface area contributed by atoms with E-state index in [2.05, 4.69) is 11.3 Å². The Kier molecular flexibility index (Phi) is 4.79. The summed E-state index contributed by atoms with van der Waals surface area (Å²) in [6.07, 6.45) is 1.43. The van der Waals surface area contributed by atoms with Crippen molar-refractivity contribution >= 4 is 16.0 Å². The van der Waals surface area contributed by atoms with Crippen LogP contribution < -0.4 is 4.72 Å². The van der Waals surface area contributed by atoms with Crippen LogP contribution in [0.4, 0.5) is 0 Å². The van der Waals surface area contributed by atoms with Gasteiger partial charge in [0.25, 0.3) is 0 Å². The number of aliphatic carboxylic acids is 1. The van der Waals surface area contributed by atoms with E-state index in [0.717, 1.165) is 0 Å². The van der Waals surface area contributed by atoms with Gasteiger partial charge in [0.2, 0.25) is 10.0 Å². The first-order chi connectivity index (χ1) is 6.31. The number of sulfonamides is 1. The molecule has 5 nitrogen and oxygen atoms in total. The highest BCUT2D eigenvalue weighted by molar-refractivity contribution is 7.90. The molecule has 0 aromatic carbocycles. The summed E-state index contributed by atoms with van der Waals surface area (Å²) >= 11 is 0. The molecule has 14 heavy (non-hydrogen) atoms. The van der Waals surface area contributed by atoms with Crippen molar-refractivity contribution in [1.82, 2.24) is 4.72 Å². The lowest BCUT2D eigenvalue weighted by molar-refractivity contribution is -0.138. The number of hydrogen-bond donors (Lipinski definition) is 2. The maximum Gasteiger partial charge on any atom is 0.322 e. The van der Waals surface area contributed by atoms with Crippen molar-refractivity contribution in [3.8, 4) is 0 Å². The average molecular weight is 221 g/mol. The lowest BCUT2D eigenvalue weighted by Crippen LogP contribution is -2.43. The zero-order valence-corrected chi connectivity index (χ0v) is 9.04. The van der Waals surface area contributed by atoms with E-state index in [4.69, 9.17) is 5.11 Å². The highest BCUT2D eigenvalue weighted by Crippen LogP contribution is 2.01. The van der Waals surface area contributed by atoms with Crippen LogP contribution in [0.2, 0.25) is 0 Å². The second kappa shape index (κ2) is 5.11. The van der Waals surface area contributed by atoms with Gasteiger partial charge in [-0.2, -0.15) is 0 Å². The molecule has 1 atom stereocenters. The van der Waals surface area contributed by atoms with E-state index in [9.17, 15) is 13.2 Å². The van der Waals surface area contributed by atoms with Gasteiger partial charge in [0.1, 0.15) is 6.04 Å². The third-order valence-corrected chi connectivity index (χ3v) is 3.48. The summed E-state index contributed by atoms with van der Waals surface area (Å²) in [6.45, 7) is 6.32. The average Bonchev–Trinajstić information content (AvgIpc) is 2.02. The molecule has 0 aliphatic heterocycles. The van der Waals surface area contributed by atoms with E-state index in [1.54, 1.807) is 0 Å². The molecule has 2 N–H and O–H groups in total. The zero-order valence-electron chi connectivity index (χ0n) is 8.23. The minimum absolute atomic E-state index is 0.0707. The summed E-state index contributed by atoms with van der Waals surface area (Å²) in [6, 6.07) is -1.13. The van der Waals surface area contributed by atoms with Gasteiger partial charge in [-0.25, -0.2) is 13.1 Å². The first-order valence-corrected chi connectivity index (χ1v) is 5.70. The van der Waals surface area contributed by atoms with E-state index in [0.29, 0.717) is 0 Å². The second-order valence-corrected chi connectivity index (χ2v) is 5.40. The van der Waals surface area contributed by atoms with E-state index >= 15 is 0 Å². The molecule has 0 rings (SSSR count). The van der Waals surface area contributed by atoms with Crippen LogP contribution in [0.5, 0.6) is 0 Å². The molecule has 82 valence electrons. The Balaban J connectivity index is 4.60. The predicted molar refractivity (Wildman–Crippen MR) is 53.4 cm³/mol. The van der Waals surface area contributed by atoms with Gasteiger partial charge in [0, 0.05) is 0 Å². The van der Waals surface area contributed by atoms with Crippen LogP contribution in [0.25, 0.3) is 0 Å². The van der Waals surface area contributed by atoms with Crippen LogP contribution in [0.15, 0.2) is 12.7 Å². The molecule has 0 aromatic rings. The van der Waals surface area contributed by atoms with Crippen LogP contribution in [-0.2, 0) is 14.8 Å². The van der Waals surface area contributed by atoms with E-state index in [-0.39, 0.29) is 6.42 Å². The number of hydrogen-bond acceptors (Lipinski definition) is 3. The summed E-state index contributed by atoms with van der Waals surface area (Å²) in [5, 5.41) is 8.03. The van der Waals surface area contributed by atoms with Gasteiger partial charge in [0.15, 0.2) is 0 Å². The summed E-state index contributed by atoms with van der Waals surface area (Å²) in [5.74, 6) is -1.20. The third kappa shape index (κ3) is 3.89. The smallest absolute Gasteiger partial charge is 0.322 e. The van der Waals surface area contributed by atoms with Crippen LogP contribution >= 0.6 is 0 Å². The lowest BCUT2D eigenvalue weighted by atomic mass is 10.2. The molecule has 0 saturated carbocycles. The Labute approximate surface area is 83.9 Å². The monoisotopic (exact) mass is 221 g/mol. The van der Waals surface area contributed by atoms with E-state index in [1.165, 1.54) is 19.9 Å². The first kappa shape index (κ1) is 13.1. The molecule has 0 aromatic heterocycles. The SMILES string of the molecule is C=CCC(NS(=O)(=O)C(C)C)C(=O)O. The molecule has 0 aliphatic carbocycles. The zero-order chi connectivity index (χ0) is 11.4. The molecular weight excluding hydrogens is 206 g/mol. The Morgan fingerprint density at radius 2 is 2.07 bits per heavy atom.